The molecule has 3 atom stereocenters. The third kappa shape index (κ3) is 2.41. The summed E-state index contributed by atoms with van der Waals surface area (Å²) in [5.74, 6) is -2.51. The van der Waals surface area contributed by atoms with Crippen LogP contribution in [0.1, 0.15) is 45.5 Å². The van der Waals surface area contributed by atoms with Gasteiger partial charge in [-0.2, -0.15) is 0 Å². The molecular weight excluding hydrogens is 442 g/mol. The molecule has 11 nitrogen and oxygen atoms in total. The summed E-state index contributed by atoms with van der Waals surface area (Å²) >= 11 is 0. The predicted molar refractivity (Wildman–Crippen MR) is 118 cm³/mol. The van der Waals surface area contributed by atoms with Gasteiger partial charge in [0.05, 0.1) is 29.8 Å². The summed E-state index contributed by atoms with van der Waals surface area (Å²) in [4.78, 5) is 65.2. The first-order chi connectivity index (χ1) is 16.3. The molecule has 34 heavy (non-hydrogen) atoms. The summed E-state index contributed by atoms with van der Waals surface area (Å²) in [6.45, 7) is 0.651. The molecule has 0 aliphatic carbocycles. The number of nitrogens with one attached hydrogen (secondary N) is 2. The highest BCUT2D eigenvalue weighted by molar-refractivity contribution is 6.23. The minimum Gasteiger partial charge on any atom is -0.469 e. The minimum absolute atomic E-state index is 0.0553. The zero-order valence-electron chi connectivity index (χ0n) is 18.2. The number of imide groups is 1. The van der Waals surface area contributed by atoms with Crippen LogP contribution >= 0.6 is 0 Å². The SMILES string of the molecule is COC(=O)C1CC2(C(=O)Nc3ccc(-n4c(N)c5c(cc4=O)C(=O)NC5=O)cc32)N2CCCC12. The number of hydrogen-bond donors (Lipinski definition) is 3. The number of rotatable bonds is 2. The van der Waals surface area contributed by atoms with Crippen molar-refractivity contribution in [2.75, 3.05) is 24.7 Å². The number of aromatic nitrogens is 1. The zero-order chi connectivity index (χ0) is 23.9. The molecule has 2 saturated heterocycles. The molecule has 2 fully saturated rings. The van der Waals surface area contributed by atoms with Gasteiger partial charge in [-0.1, -0.05) is 0 Å². The van der Waals surface area contributed by atoms with Crippen molar-refractivity contribution >= 4 is 35.2 Å². The van der Waals surface area contributed by atoms with Gasteiger partial charge in [-0.3, -0.25) is 38.8 Å². The number of methoxy groups -OCH3 is 1. The van der Waals surface area contributed by atoms with Crippen molar-refractivity contribution in [2.45, 2.75) is 30.8 Å². The van der Waals surface area contributed by atoms with Crippen LogP contribution < -0.4 is 21.9 Å². The number of ether oxygens (including phenoxy) is 1. The molecule has 0 saturated carbocycles. The second kappa shape index (κ2) is 6.76. The van der Waals surface area contributed by atoms with E-state index in [1.807, 2.05) is 0 Å². The fourth-order valence-corrected chi connectivity index (χ4v) is 6.15. The van der Waals surface area contributed by atoms with Gasteiger partial charge in [0.25, 0.3) is 17.4 Å². The van der Waals surface area contributed by atoms with E-state index in [9.17, 15) is 24.0 Å². The van der Waals surface area contributed by atoms with Crippen LogP contribution in [0, 0.1) is 5.92 Å². The van der Waals surface area contributed by atoms with Crippen LogP contribution in [-0.4, -0.2) is 52.9 Å². The van der Waals surface area contributed by atoms with E-state index in [1.54, 1.807) is 18.2 Å². The number of hydrogen-bond acceptors (Lipinski definition) is 8. The number of nitrogens with zero attached hydrogens (tertiary/aromatic N) is 2. The standard InChI is InChI=1S/C23H21N5O6/c1-34-21(32)12-9-23(27-6-2-3-15(12)27)13-7-10(4-5-14(13)25-22(23)33)28-16(29)8-11-17(18(28)24)20(31)26-19(11)30/h4-5,7-8,12,15H,2-3,6,9,24H2,1H3,(H,25,33)(H,26,30,31). The smallest absolute Gasteiger partial charge is 0.310 e. The monoisotopic (exact) mass is 463 g/mol. The normalized spacial score (nSPS) is 26.9. The summed E-state index contributed by atoms with van der Waals surface area (Å²) in [7, 11) is 1.34. The van der Waals surface area contributed by atoms with E-state index in [1.165, 1.54) is 7.11 Å². The van der Waals surface area contributed by atoms with E-state index in [4.69, 9.17) is 10.5 Å². The topological polar surface area (TPSA) is 153 Å². The highest BCUT2D eigenvalue weighted by Crippen LogP contribution is 2.54. The second-order valence-electron chi connectivity index (χ2n) is 9.06. The van der Waals surface area contributed by atoms with E-state index >= 15 is 0 Å². The Morgan fingerprint density at radius 2 is 1.94 bits per heavy atom. The molecule has 4 aliphatic heterocycles. The van der Waals surface area contributed by atoms with Gasteiger partial charge in [0.2, 0.25) is 5.91 Å². The number of esters is 1. The molecule has 5 heterocycles. The lowest BCUT2D eigenvalue weighted by Crippen LogP contribution is -2.47. The molecule has 4 N–H and O–H groups in total. The number of anilines is 2. The summed E-state index contributed by atoms with van der Waals surface area (Å²) in [6.07, 6.45) is 1.89. The van der Waals surface area contributed by atoms with Gasteiger partial charge >= 0.3 is 5.97 Å². The Kier molecular flexibility index (Phi) is 4.10. The van der Waals surface area contributed by atoms with Crippen molar-refractivity contribution in [3.05, 3.63) is 51.3 Å². The van der Waals surface area contributed by atoms with E-state index in [0.29, 0.717) is 23.5 Å². The summed E-state index contributed by atoms with van der Waals surface area (Å²) in [5.41, 5.74) is 6.01. The summed E-state index contributed by atoms with van der Waals surface area (Å²) in [5, 5.41) is 5.07. The summed E-state index contributed by atoms with van der Waals surface area (Å²) in [6, 6.07) is 5.96. The molecule has 2 aromatic rings. The Balaban J connectivity index is 1.53. The van der Waals surface area contributed by atoms with Gasteiger partial charge in [0.1, 0.15) is 11.4 Å². The van der Waals surface area contributed by atoms with Gasteiger partial charge in [0, 0.05) is 23.4 Å². The molecule has 174 valence electrons. The highest BCUT2D eigenvalue weighted by Gasteiger charge is 2.63. The van der Waals surface area contributed by atoms with Crippen molar-refractivity contribution in [3.8, 4) is 5.69 Å². The largest absolute Gasteiger partial charge is 0.469 e. The molecule has 11 heteroatoms. The predicted octanol–water partition coefficient (Wildman–Crippen LogP) is 0.108. The summed E-state index contributed by atoms with van der Waals surface area (Å²) < 4.78 is 6.18. The van der Waals surface area contributed by atoms with Crippen LogP contribution in [0.25, 0.3) is 5.69 Å². The van der Waals surface area contributed by atoms with Crippen LogP contribution in [0.4, 0.5) is 11.5 Å². The third-order valence-corrected chi connectivity index (χ3v) is 7.56. The number of nitrogen functional groups attached to an aromatic ring is 1. The van der Waals surface area contributed by atoms with Crippen molar-refractivity contribution in [1.82, 2.24) is 14.8 Å². The highest BCUT2D eigenvalue weighted by atomic mass is 16.5. The van der Waals surface area contributed by atoms with Crippen LogP contribution in [0.2, 0.25) is 0 Å². The molecule has 0 radical (unpaired) electrons. The second-order valence-corrected chi connectivity index (χ2v) is 9.06. The lowest BCUT2D eigenvalue weighted by molar-refractivity contribution is -0.146. The first-order valence-electron chi connectivity index (χ1n) is 11.0. The first-order valence-corrected chi connectivity index (χ1v) is 11.0. The van der Waals surface area contributed by atoms with Crippen molar-refractivity contribution in [2.24, 2.45) is 5.92 Å². The fourth-order valence-electron chi connectivity index (χ4n) is 6.15. The van der Waals surface area contributed by atoms with Crippen LogP contribution in [-0.2, 0) is 19.9 Å². The molecule has 3 amide bonds. The first kappa shape index (κ1) is 20.6. The van der Waals surface area contributed by atoms with Gasteiger partial charge < -0.3 is 15.8 Å². The van der Waals surface area contributed by atoms with Crippen LogP contribution in [0.15, 0.2) is 29.1 Å². The number of pyridine rings is 1. The van der Waals surface area contributed by atoms with E-state index in [2.05, 4.69) is 15.5 Å². The lowest BCUT2D eigenvalue weighted by Gasteiger charge is -2.33. The van der Waals surface area contributed by atoms with Gasteiger partial charge in [-0.25, -0.2) is 0 Å². The number of fused-ring (bicyclic) bond motifs is 5. The molecule has 1 aromatic carbocycles. The number of amides is 3. The quantitative estimate of drug-likeness (QED) is 0.419. The Morgan fingerprint density at radius 1 is 1.15 bits per heavy atom. The Morgan fingerprint density at radius 3 is 2.71 bits per heavy atom. The van der Waals surface area contributed by atoms with Crippen molar-refractivity contribution < 1.29 is 23.9 Å². The number of benzene rings is 1. The number of nitrogens with two attached hydrogens (primary N) is 1. The van der Waals surface area contributed by atoms with Crippen molar-refractivity contribution in [1.29, 1.82) is 0 Å². The van der Waals surface area contributed by atoms with Gasteiger partial charge in [-0.15, -0.1) is 0 Å². The number of carbonyl (C=O) groups is 4. The molecule has 6 rings (SSSR count). The molecule has 1 spiro atoms. The zero-order valence-corrected chi connectivity index (χ0v) is 18.2. The molecular formula is C23H21N5O6. The molecule has 0 bridgehead atoms. The van der Waals surface area contributed by atoms with E-state index in [0.717, 1.165) is 23.5 Å². The Bertz CT molecular complexity index is 1400. The lowest BCUT2D eigenvalue weighted by atomic mass is 9.84. The molecule has 3 unspecified atom stereocenters. The van der Waals surface area contributed by atoms with E-state index in [-0.39, 0.29) is 41.3 Å². The van der Waals surface area contributed by atoms with Gasteiger partial charge in [-0.05, 0) is 44.0 Å². The third-order valence-electron chi connectivity index (χ3n) is 7.56. The fraction of sp³-hybridized carbons (Fsp3) is 0.348. The van der Waals surface area contributed by atoms with Gasteiger partial charge in [0.15, 0.2) is 0 Å². The van der Waals surface area contributed by atoms with Crippen molar-refractivity contribution in [3.63, 3.8) is 0 Å². The minimum atomic E-state index is -1.08. The Labute approximate surface area is 192 Å². The Hall–Kier alpha value is -3.99. The molecule has 1 aromatic heterocycles. The number of carbonyl (C=O) groups excluding carboxylic acids is 4. The van der Waals surface area contributed by atoms with Crippen LogP contribution in [0.5, 0.6) is 0 Å². The van der Waals surface area contributed by atoms with E-state index < -0.39 is 28.8 Å². The average molecular weight is 463 g/mol. The maximum absolute atomic E-state index is 13.4. The molecule has 4 aliphatic rings. The maximum atomic E-state index is 13.4. The average Bonchev–Trinajstić information content (AvgIpc) is 3.53. The van der Waals surface area contributed by atoms with Crippen LogP contribution in [0.3, 0.4) is 0 Å². The maximum Gasteiger partial charge on any atom is 0.310 e.